The SMILES string of the molecule is Cc1ccc(F)cc1C1CCCCC(Br)C1. The van der Waals surface area contributed by atoms with E-state index in [-0.39, 0.29) is 5.82 Å². The molecular formula is C14H18BrF. The van der Waals surface area contributed by atoms with Crippen LogP contribution in [0.5, 0.6) is 0 Å². The molecule has 1 fully saturated rings. The van der Waals surface area contributed by atoms with Crippen molar-refractivity contribution in [2.75, 3.05) is 0 Å². The number of alkyl halides is 1. The highest BCUT2D eigenvalue weighted by Crippen LogP contribution is 2.36. The molecule has 0 aromatic heterocycles. The normalized spacial score (nSPS) is 26.4. The molecule has 2 rings (SSSR count). The molecule has 0 saturated heterocycles. The lowest BCUT2D eigenvalue weighted by Crippen LogP contribution is -2.05. The summed E-state index contributed by atoms with van der Waals surface area (Å²) >= 11 is 3.73. The lowest BCUT2D eigenvalue weighted by Gasteiger charge is -2.19. The van der Waals surface area contributed by atoms with Crippen LogP contribution in [0.3, 0.4) is 0 Å². The first-order chi connectivity index (χ1) is 7.66. The predicted molar refractivity (Wildman–Crippen MR) is 69.7 cm³/mol. The van der Waals surface area contributed by atoms with Gasteiger partial charge in [0.1, 0.15) is 5.82 Å². The summed E-state index contributed by atoms with van der Waals surface area (Å²) in [5, 5.41) is 0. The highest BCUT2D eigenvalue weighted by molar-refractivity contribution is 9.09. The highest BCUT2D eigenvalue weighted by atomic mass is 79.9. The largest absolute Gasteiger partial charge is 0.207 e. The van der Waals surface area contributed by atoms with Gasteiger partial charge in [-0.2, -0.15) is 0 Å². The number of halogens is 2. The van der Waals surface area contributed by atoms with Crippen LogP contribution in [0.15, 0.2) is 18.2 Å². The standard InChI is InChI=1S/C14H18BrF/c1-10-6-7-13(16)9-14(10)11-4-2-3-5-12(15)8-11/h6-7,9,11-12H,2-5,8H2,1H3. The molecule has 16 heavy (non-hydrogen) atoms. The van der Waals surface area contributed by atoms with Crippen molar-refractivity contribution in [1.29, 1.82) is 0 Å². The summed E-state index contributed by atoms with van der Waals surface area (Å²) < 4.78 is 13.3. The molecule has 2 unspecified atom stereocenters. The minimum absolute atomic E-state index is 0.101. The van der Waals surface area contributed by atoms with Gasteiger partial charge in [-0.05, 0) is 55.4 Å². The maximum atomic E-state index is 13.3. The molecule has 0 bridgehead atoms. The zero-order chi connectivity index (χ0) is 11.5. The predicted octanol–water partition coefficient (Wildman–Crippen LogP) is 4.95. The third kappa shape index (κ3) is 2.85. The van der Waals surface area contributed by atoms with Gasteiger partial charge in [0, 0.05) is 4.83 Å². The van der Waals surface area contributed by atoms with Crippen LogP contribution in [0, 0.1) is 12.7 Å². The van der Waals surface area contributed by atoms with Crippen molar-refractivity contribution in [2.24, 2.45) is 0 Å². The van der Waals surface area contributed by atoms with Crippen molar-refractivity contribution >= 4 is 15.9 Å². The molecule has 0 amide bonds. The number of aryl methyl sites for hydroxylation is 1. The van der Waals surface area contributed by atoms with E-state index in [9.17, 15) is 4.39 Å². The first kappa shape index (κ1) is 12.1. The van der Waals surface area contributed by atoms with E-state index in [1.165, 1.54) is 36.8 Å². The fourth-order valence-electron chi connectivity index (χ4n) is 2.63. The number of benzene rings is 1. The van der Waals surface area contributed by atoms with Gasteiger partial charge in [0.15, 0.2) is 0 Å². The van der Waals surface area contributed by atoms with Crippen LogP contribution in [-0.4, -0.2) is 4.83 Å². The number of rotatable bonds is 1. The second kappa shape index (κ2) is 5.31. The highest BCUT2D eigenvalue weighted by Gasteiger charge is 2.21. The van der Waals surface area contributed by atoms with Crippen LogP contribution >= 0.6 is 15.9 Å². The molecule has 1 aliphatic carbocycles. The molecule has 1 aromatic rings. The molecule has 0 aliphatic heterocycles. The Hall–Kier alpha value is -0.370. The Kier molecular flexibility index (Phi) is 4.01. The third-order valence-corrected chi connectivity index (χ3v) is 4.37. The molecule has 0 spiro atoms. The second-order valence-electron chi connectivity index (χ2n) is 4.82. The maximum absolute atomic E-state index is 13.3. The quantitative estimate of drug-likeness (QED) is 0.506. The van der Waals surface area contributed by atoms with E-state index in [4.69, 9.17) is 0 Å². The van der Waals surface area contributed by atoms with E-state index in [1.54, 1.807) is 12.1 Å². The van der Waals surface area contributed by atoms with Gasteiger partial charge in [-0.15, -0.1) is 0 Å². The monoisotopic (exact) mass is 284 g/mol. The van der Waals surface area contributed by atoms with Crippen molar-refractivity contribution in [2.45, 2.75) is 49.8 Å². The third-order valence-electron chi connectivity index (χ3n) is 3.54. The molecule has 0 nitrogen and oxygen atoms in total. The topological polar surface area (TPSA) is 0 Å². The van der Waals surface area contributed by atoms with Crippen LogP contribution in [0.2, 0.25) is 0 Å². The van der Waals surface area contributed by atoms with Gasteiger partial charge in [0.05, 0.1) is 0 Å². The van der Waals surface area contributed by atoms with Crippen molar-refractivity contribution in [1.82, 2.24) is 0 Å². The molecule has 2 atom stereocenters. The summed E-state index contributed by atoms with van der Waals surface area (Å²) in [6, 6.07) is 5.19. The van der Waals surface area contributed by atoms with Gasteiger partial charge in [0.25, 0.3) is 0 Å². The first-order valence-corrected chi connectivity index (χ1v) is 6.98. The van der Waals surface area contributed by atoms with Crippen molar-refractivity contribution in [3.05, 3.63) is 35.1 Å². The average molecular weight is 285 g/mol. The number of hydrogen-bond donors (Lipinski definition) is 0. The Labute approximate surface area is 105 Å². The number of hydrogen-bond acceptors (Lipinski definition) is 0. The minimum atomic E-state index is -0.101. The molecular weight excluding hydrogens is 267 g/mol. The van der Waals surface area contributed by atoms with Gasteiger partial charge < -0.3 is 0 Å². The van der Waals surface area contributed by atoms with E-state index in [1.807, 2.05) is 6.07 Å². The molecule has 88 valence electrons. The average Bonchev–Trinajstić information content (AvgIpc) is 2.46. The molecule has 0 N–H and O–H groups in total. The Bertz CT molecular complexity index is 362. The molecule has 0 heterocycles. The van der Waals surface area contributed by atoms with Crippen molar-refractivity contribution in [3.63, 3.8) is 0 Å². The van der Waals surface area contributed by atoms with Crippen LogP contribution in [0.1, 0.15) is 49.1 Å². The fourth-order valence-corrected chi connectivity index (χ4v) is 3.41. The summed E-state index contributed by atoms with van der Waals surface area (Å²) in [5.41, 5.74) is 2.44. The van der Waals surface area contributed by atoms with E-state index >= 15 is 0 Å². The summed E-state index contributed by atoms with van der Waals surface area (Å²) in [7, 11) is 0. The van der Waals surface area contributed by atoms with E-state index in [2.05, 4.69) is 22.9 Å². The van der Waals surface area contributed by atoms with Gasteiger partial charge >= 0.3 is 0 Å². The second-order valence-corrected chi connectivity index (χ2v) is 6.11. The lowest BCUT2D eigenvalue weighted by molar-refractivity contribution is 0.581. The van der Waals surface area contributed by atoms with Crippen molar-refractivity contribution < 1.29 is 4.39 Å². The molecule has 0 radical (unpaired) electrons. The summed E-state index contributed by atoms with van der Waals surface area (Å²) in [6.07, 6.45) is 6.16. The van der Waals surface area contributed by atoms with Crippen molar-refractivity contribution in [3.8, 4) is 0 Å². The van der Waals surface area contributed by atoms with Crippen LogP contribution in [0.4, 0.5) is 4.39 Å². The zero-order valence-electron chi connectivity index (χ0n) is 9.68. The lowest BCUT2D eigenvalue weighted by atomic mass is 9.89. The van der Waals surface area contributed by atoms with Crippen LogP contribution in [-0.2, 0) is 0 Å². The van der Waals surface area contributed by atoms with E-state index in [0.717, 1.165) is 6.42 Å². The Balaban J connectivity index is 2.24. The van der Waals surface area contributed by atoms with Gasteiger partial charge in [-0.3, -0.25) is 0 Å². The van der Waals surface area contributed by atoms with E-state index in [0.29, 0.717) is 10.7 Å². The maximum Gasteiger partial charge on any atom is 0.123 e. The van der Waals surface area contributed by atoms with Gasteiger partial charge in [-0.25, -0.2) is 4.39 Å². The first-order valence-electron chi connectivity index (χ1n) is 6.07. The summed E-state index contributed by atoms with van der Waals surface area (Å²) in [6.45, 7) is 2.09. The Morgan fingerprint density at radius 3 is 2.81 bits per heavy atom. The van der Waals surface area contributed by atoms with Gasteiger partial charge in [-0.1, -0.05) is 34.8 Å². The Morgan fingerprint density at radius 2 is 2.00 bits per heavy atom. The van der Waals surface area contributed by atoms with Gasteiger partial charge in [0.2, 0.25) is 0 Å². The minimum Gasteiger partial charge on any atom is -0.207 e. The molecule has 2 heteroatoms. The van der Waals surface area contributed by atoms with E-state index < -0.39 is 0 Å². The summed E-state index contributed by atoms with van der Waals surface area (Å²) in [5.74, 6) is 0.429. The smallest absolute Gasteiger partial charge is 0.123 e. The van der Waals surface area contributed by atoms with Crippen LogP contribution < -0.4 is 0 Å². The molecule has 1 saturated carbocycles. The fraction of sp³-hybridized carbons (Fsp3) is 0.571. The molecule has 1 aromatic carbocycles. The van der Waals surface area contributed by atoms with Crippen LogP contribution in [0.25, 0.3) is 0 Å². The zero-order valence-corrected chi connectivity index (χ0v) is 11.3. The Morgan fingerprint density at radius 1 is 1.25 bits per heavy atom. The molecule has 1 aliphatic rings. The summed E-state index contributed by atoms with van der Waals surface area (Å²) in [4.78, 5) is 0.600.